The van der Waals surface area contributed by atoms with E-state index in [2.05, 4.69) is 0 Å². The highest BCUT2D eigenvalue weighted by atomic mass is 16.5. The molecule has 34 heavy (non-hydrogen) atoms. The van der Waals surface area contributed by atoms with Crippen LogP contribution in [0, 0.1) is 0 Å². The van der Waals surface area contributed by atoms with E-state index in [0.717, 1.165) is 12.1 Å². The maximum atomic E-state index is 12.8. The number of hydrogen-bond donors (Lipinski definition) is 0. The summed E-state index contributed by atoms with van der Waals surface area (Å²) in [7, 11) is 0. The van der Waals surface area contributed by atoms with Crippen LogP contribution in [0.4, 0.5) is 0 Å². The number of para-hydroxylation sites is 2. The highest BCUT2D eigenvalue weighted by Crippen LogP contribution is 2.26. The number of fused-ring (bicyclic) bond motifs is 2. The maximum absolute atomic E-state index is 12.8. The van der Waals surface area contributed by atoms with Gasteiger partial charge in [0.1, 0.15) is 22.7 Å². The summed E-state index contributed by atoms with van der Waals surface area (Å²) >= 11 is 0. The van der Waals surface area contributed by atoms with Gasteiger partial charge in [0.2, 0.25) is 0 Å². The molecule has 0 unspecified atom stereocenters. The smallest absolute Gasteiger partial charge is 0.343 e. The lowest BCUT2D eigenvalue weighted by atomic mass is 10.1. The molecular formula is C26H14O8. The first-order valence-electron chi connectivity index (χ1n) is 10.1. The Bertz CT molecular complexity index is 1570. The normalized spacial score (nSPS) is 10.8. The van der Waals surface area contributed by atoms with Gasteiger partial charge in [0.15, 0.2) is 0 Å². The molecule has 0 aliphatic carbocycles. The zero-order valence-electron chi connectivity index (χ0n) is 17.3. The molecule has 5 aromatic rings. The van der Waals surface area contributed by atoms with E-state index in [4.69, 9.17) is 18.3 Å². The zero-order valence-corrected chi connectivity index (χ0v) is 17.3. The Hall–Kier alpha value is -4.98. The molecule has 166 valence electrons. The fraction of sp³-hybridized carbons (Fsp3) is 0. The molecule has 0 aliphatic rings. The molecule has 0 fully saturated rings. The number of hydrogen-bond acceptors (Lipinski definition) is 8. The van der Waals surface area contributed by atoms with Gasteiger partial charge in [-0.05, 0) is 42.5 Å². The number of rotatable bonds is 4. The van der Waals surface area contributed by atoms with Crippen molar-refractivity contribution < 1.29 is 27.9 Å². The first kappa shape index (κ1) is 20.9. The van der Waals surface area contributed by atoms with Crippen molar-refractivity contribution in [2.45, 2.75) is 0 Å². The number of carbonyl (C=O) groups is 2. The monoisotopic (exact) mass is 454 g/mol. The summed E-state index contributed by atoms with van der Waals surface area (Å²) < 4.78 is 21.0. The van der Waals surface area contributed by atoms with Crippen molar-refractivity contribution in [2.75, 3.05) is 0 Å². The molecule has 2 heterocycles. The summed E-state index contributed by atoms with van der Waals surface area (Å²) in [6.45, 7) is 0. The van der Waals surface area contributed by atoms with Crippen molar-refractivity contribution in [3.63, 3.8) is 0 Å². The van der Waals surface area contributed by atoms with E-state index in [1.54, 1.807) is 48.5 Å². The summed E-state index contributed by atoms with van der Waals surface area (Å²) in [6, 6.07) is 21.1. The van der Waals surface area contributed by atoms with Crippen LogP contribution < -0.4 is 20.7 Å². The third-order valence-corrected chi connectivity index (χ3v) is 4.96. The van der Waals surface area contributed by atoms with E-state index in [9.17, 15) is 19.2 Å². The van der Waals surface area contributed by atoms with Crippen molar-refractivity contribution in [1.29, 1.82) is 0 Å². The van der Waals surface area contributed by atoms with Crippen molar-refractivity contribution in [3.8, 4) is 11.5 Å². The van der Waals surface area contributed by atoms with Crippen LogP contribution in [-0.4, -0.2) is 11.9 Å². The van der Waals surface area contributed by atoms with Crippen LogP contribution in [0.15, 0.2) is 103 Å². The third kappa shape index (κ3) is 4.07. The molecule has 0 atom stereocenters. The number of ether oxygens (including phenoxy) is 2. The lowest BCUT2D eigenvalue weighted by Crippen LogP contribution is -2.14. The van der Waals surface area contributed by atoms with Gasteiger partial charge in [-0.15, -0.1) is 0 Å². The van der Waals surface area contributed by atoms with E-state index in [1.807, 2.05) is 0 Å². The van der Waals surface area contributed by atoms with Crippen LogP contribution in [0.5, 0.6) is 11.5 Å². The van der Waals surface area contributed by atoms with Gasteiger partial charge in [-0.2, -0.15) is 0 Å². The first-order chi connectivity index (χ1) is 16.5. The molecule has 0 saturated carbocycles. The molecule has 0 spiro atoms. The van der Waals surface area contributed by atoms with Gasteiger partial charge in [-0.1, -0.05) is 30.3 Å². The molecule has 3 aromatic carbocycles. The van der Waals surface area contributed by atoms with Crippen molar-refractivity contribution >= 4 is 33.9 Å². The third-order valence-electron chi connectivity index (χ3n) is 4.96. The van der Waals surface area contributed by atoms with Crippen LogP contribution in [0.25, 0.3) is 21.9 Å². The summed E-state index contributed by atoms with van der Waals surface area (Å²) in [5, 5.41) is 0.890. The molecule has 5 rings (SSSR count). The second-order valence-corrected chi connectivity index (χ2v) is 7.21. The fourth-order valence-corrected chi connectivity index (χ4v) is 3.42. The molecule has 0 bridgehead atoms. The molecule has 0 N–H and O–H groups in total. The number of carbonyl (C=O) groups excluding carboxylic acids is 2. The standard InChI is InChI=1S/C26H14O8/c27-23-13-21(17-8-1-3-10-19(17)31-23)33-25(29)15-6-5-7-16(12-15)26(30)34-22-14-24(28)32-20-11-4-2-9-18(20)22/h1-14H. The van der Waals surface area contributed by atoms with Gasteiger partial charge >= 0.3 is 23.2 Å². The SMILES string of the molecule is O=C(Oc1cc(=O)oc2ccccc12)c1cccc(C(=O)Oc2cc(=O)oc3ccccc23)c1. The second-order valence-electron chi connectivity index (χ2n) is 7.21. The molecular weight excluding hydrogens is 440 g/mol. The Balaban J connectivity index is 1.42. The van der Waals surface area contributed by atoms with Gasteiger partial charge in [0.25, 0.3) is 0 Å². The van der Waals surface area contributed by atoms with Gasteiger partial charge in [0.05, 0.1) is 34.0 Å². The molecule has 0 saturated heterocycles. The number of esters is 2. The summed E-state index contributed by atoms with van der Waals surface area (Å²) in [4.78, 5) is 49.1. The Morgan fingerprint density at radius 3 is 1.47 bits per heavy atom. The highest BCUT2D eigenvalue weighted by Gasteiger charge is 2.17. The average molecular weight is 454 g/mol. The van der Waals surface area contributed by atoms with Crippen LogP contribution in [0.2, 0.25) is 0 Å². The summed E-state index contributed by atoms with van der Waals surface area (Å²) in [5.74, 6) is -1.49. The second kappa shape index (κ2) is 8.51. The lowest BCUT2D eigenvalue weighted by Gasteiger charge is -2.09. The van der Waals surface area contributed by atoms with E-state index in [-0.39, 0.29) is 33.8 Å². The van der Waals surface area contributed by atoms with E-state index < -0.39 is 23.2 Å². The Morgan fingerprint density at radius 1 is 0.559 bits per heavy atom. The van der Waals surface area contributed by atoms with Gasteiger partial charge in [-0.25, -0.2) is 19.2 Å². The largest absolute Gasteiger partial charge is 0.422 e. The summed E-state index contributed by atoms with van der Waals surface area (Å²) in [6.07, 6.45) is 0. The van der Waals surface area contributed by atoms with Crippen LogP contribution >= 0.6 is 0 Å². The van der Waals surface area contributed by atoms with Gasteiger partial charge < -0.3 is 18.3 Å². The van der Waals surface area contributed by atoms with Gasteiger partial charge in [0, 0.05) is 0 Å². The first-order valence-corrected chi connectivity index (χ1v) is 10.1. The van der Waals surface area contributed by atoms with E-state index >= 15 is 0 Å². The minimum absolute atomic E-state index is 0.0345. The minimum Gasteiger partial charge on any atom is -0.422 e. The van der Waals surface area contributed by atoms with E-state index in [0.29, 0.717) is 10.8 Å². The van der Waals surface area contributed by atoms with Crippen LogP contribution in [0.1, 0.15) is 20.7 Å². The quantitative estimate of drug-likeness (QED) is 0.291. The molecule has 8 nitrogen and oxygen atoms in total. The highest BCUT2D eigenvalue weighted by molar-refractivity contribution is 5.99. The number of benzene rings is 3. The van der Waals surface area contributed by atoms with Crippen LogP contribution in [0.3, 0.4) is 0 Å². The Labute approximate surface area is 190 Å². The predicted octanol–water partition coefficient (Wildman–Crippen LogP) is 4.34. The molecule has 0 radical (unpaired) electrons. The maximum Gasteiger partial charge on any atom is 0.343 e. The zero-order chi connectivity index (χ0) is 23.7. The average Bonchev–Trinajstić information content (AvgIpc) is 2.84. The van der Waals surface area contributed by atoms with Crippen molar-refractivity contribution in [1.82, 2.24) is 0 Å². The Kier molecular flexibility index (Phi) is 5.23. The minimum atomic E-state index is -0.781. The Morgan fingerprint density at radius 2 is 1.00 bits per heavy atom. The molecule has 8 heteroatoms. The molecule has 2 aromatic heterocycles. The van der Waals surface area contributed by atoms with Crippen molar-refractivity contribution in [3.05, 3.63) is 117 Å². The van der Waals surface area contributed by atoms with Crippen LogP contribution in [-0.2, 0) is 0 Å². The van der Waals surface area contributed by atoms with Gasteiger partial charge in [-0.3, -0.25) is 0 Å². The molecule has 0 aliphatic heterocycles. The topological polar surface area (TPSA) is 113 Å². The van der Waals surface area contributed by atoms with Crippen molar-refractivity contribution in [2.24, 2.45) is 0 Å². The predicted molar refractivity (Wildman–Crippen MR) is 121 cm³/mol. The lowest BCUT2D eigenvalue weighted by molar-refractivity contribution is 0.0736. The molecule has 0 amide bonds. The fourth-order valence-electron chi connectivity index (χ4n) is 3.42. The summed E-state index contributed by atoms with van der Waals surface area (Å²) in [5.41, 5.74) is -0.672. The van der Waals surface area contributed by atoms with E-state index in [1.165, 1.54) is 24.3 Å².